The van der Waals surface area contributed by atoms with Gasteiger partial charge in [0.2, 0.25) is 0 Å². The van der Waals surface area contributed by atoms with E-state index in [2.05, 4.69) is 15.6 Å². The first-order valence-corrected chi connectivity index (χ1v) is 7.72. The Kier molecular flexibility index (Phi) is 5.60. The molecular weight excluding hydrogens is 262 g/mol. The molecule has 1 aliphatic carbocycles. The number of rotatable bonds is 6. The smallest absolute Gasteiger partial charge is 0.321 e. The van der Waals surface area contributed by atoms with Crippen LogP contribution in [0.3, 0.4) is 0 Å². The van der Waals surface area contributed by atoms with Crippen molar-refractivity contribution < 1.29 is 9.53 Å². The molecule has 1 heterocycles. The number of urea groups is 1. The first-order chi connectivity index (χ1) is 9.29. The van der Waals surface area contributed by atoms with Gasteiger partial charge in [-0.2, -0.15) is 0 Å². The third kappa shape index (κ3) is 4.47. The maximum Gasteiger partial charge on any atom is 0.321 e. The number of ether oxygens (including phenoxy) is 1. The van der Waals surface area contributed by atoms with E-state index in [0.29, 0.717) is 18.3 Å². The lowest BCUT2D eigenvalue weighted by molar-refractivity contribution is 0.145. The van der Waals surface area contributed by atoms with Crippen LogP contribution in [0.25, 0.3) is 0 Å². The van der Waals surface area contributed by atoms with Gasteiger partial charge in [-0.25, -0.2) is 9.78 Å². The van der Waals surface area contributed by atoms with Crippen LogP contribution in [0.1, 0.15) is 36.8 Å². The number of fused-ring (bicyclic) bond motifs is 1. The van der Waals surface area contributed by atoms with E-state index in [0.717, 1.165) is 25.9 Å². The predicted octanol–water partition coefficient (Wildman–Crippen LogP) is 2.57. The zero-order valence-corrected chi connectivity index (χ0v) is 12.1. The molecular formula is C13H21N3O2S. The molecule has 2 N–H and O–H groups in total. The number of nitrogens with zero attached hydrogens (tertiary/aromatic N) is 1. The van der Waals surface area contributed by atoms with E-state index in [1.807, 2.05) is 6.92 Å². The Morgan fingerprint density at radius 3 is 3.05 bits per heavy atom. The van der Waals surface area contributed by atoms with Crippen LogP contribution in [0.2, 0.25) is 0 Å². The molecule has 2 rings (SSSR count). The first-order valence-electron chi connectivity index (χ1n) is 6.90. The first kappa shape index (κ1) is 14.3. The molecule has 1 aromatic heterocycles. The normalized spacial score (nSPS) is 13.9. The van der Waals surface area contributed by atoms with Crippen molar-refractivity contribution in [2.24, 2.45) is 0 Å². The van der Waals surface area contributed by atoms with E-state index >= 15 is 0 Å². The Labute approximate surface area is 117 Å². The SMILES string of the molecule is CCOCCCNC(=O)Nc1nc2c(s1)CCCC2. The number of thiazole rings is 1. The predicted molar refractivity (Wildman–Crippen MR) is 76.9 cm³/mol. The second-order valence-electron chi connectivity index (χ2n) is 4.53. The lowest BCUT2D eigenvalue weighted by Gasteiger charge is -2.06. The van der Waals surface area contributed by atoms with Crippen molar-refractivity contribution in [1.82, 2.24) is 10.3 Å². The summed E-state index contributed by atoms with van der Waals surface area (Å²) < 4.78 is 5.21. The van der Waals surface area contributed by atoms with Crippen LogP contribution in [0.15, 0.2) is 0 Å². The summed E-state index contributed by atoms with van der Waals surface area (Å²) in [7, 11) is 0. The van der Waals surface area contributed by atoms with E-state index in [1.165, 1.54) is 23.4 Å². The van der Waals surface area contributed by atoms with Crippen molar-refractivity contribution in [2.45, 2.75) is 39.0 Å². The number of anilines is 1. The molecule has 0 aromatic carbocycles. The Bertz CT molecular complexity index is 397. The van der Waals surface area contributed by atoms with Gasteiger partial charge in [0.25, 0.3) is 0 Å². The molecule has 0 fully saturated rings. The minimum atomic E-state index is -0.178. The van der Waals surface area contributed by atoms with Gasteiger partial charge in [-0.1, -0.05) is 0 Å². The van der Waals surface area contributed by atoms with Gasteiger partial charge in [0.1, 0.15) is 0 Å². The number of aromatic nitrogens is 1. The maximum atomic E-state index is 11.7. The van der Waals surface area contributed by atoms with Crippen LogP contribution < -0.4 is 10.6 Å². The molecule has 19 heavy (non-hydrogen) atoms. The van der Waals surface area contributed by atoms with Crippen molar-refractivity contribution in [3.05, 3.63) is 10.6 Å². The summed E-state index contributed by atoms with van der Waals surface area (Å²) in [6, 6.07) is -0.178. The number of amides is 2. The zero-order valence-electron chi connectivity index (χ0n) is 11.3. The summed E-state index contributed by atoms with van der Waals surface area (Å²) in [5.41, 5.74) is 1.17. The van der Waals surface area contributed by atoms with Gasteiger partial charge in [0.15, 0.2) is 5.13 Å². The highest BCUT2D eigenvalue weighted by Crippen LogP contribution is 2.29. The van der Waals surface area contributed by atoms with Crippen LogP contribution >= 0.6 is 11.3 Å². The van der Waals surface area contributed by atoms with Gasteiger partial charge in [-0.05, 0) is 39.0 Å². The summed E-state index contributed by atoms with van der Waals surface area (Å²) >= 11 is 1.60. The van der Waals surface area contributed by atoms with Gasteiger partial charge in [-0.3, -0.25) is 5.32 Å². The molecule has 106 valence electrons. The van der Waals surface area contributed by atoms with Crippen LogP contribution in [-0.2, 0) is 17.6 Å². The Morgan fingerprint density at radius 1 is 1.42 bits per heavy atom. The number of hydrogen-bond donors (Lipinski definition) is 2. The zero-order chi connectivity index (χ0) is 13.5. The third-order valence-corrected chi connectivity index (χ3v) is 4.09. The van der Waals surface area contributed by atoms with Gasteiger partial charge in [-0.15, -0.1) is 11.3 Å². The van der Waals surface area contributed by atoms with Crippen molar-refractivity contribution >= 4 is 22.5 Å². The molecule has 0 unspecified atom stereocenters. The van der Waals surface area contributed by atoms with E-state index in [-0.39, 0.29) is 6.03 Å². The number of nitrogens with one attached hydrogen (secondary N) is 2. The lowest BCUT2D eigenvalue weighted by Crippen LogP contribution is -2.30. The van der Waals surface area contributed by atoms with Crippen LogP contribution in [0, 0.1) is 0 Å². The summed E-state index contributed by atoms with van der Waals surface area (Å²) in [6.07, 6.45) is 5.42. The molecule has 1 aliphatic rings. The Morgan fingerprint density at radius 2 is 2.26 bits per heavy atom. The Hall–Kier alpha value is -1.14. The molecule has 2 amide bonds. The van der Waals surface area contributed by atoms with Crippen molar-refractivity contribution in [2.75, 3.05) is 25.1 Å². The quantitative estimate of drug-likeness (QED) is 0.789. The molecule has 5 nitrogen and oxygen atoms in total. The number of hydrogen-bond acceptors (Lipinski definition) is 4. The fraction of sp³-hybridized carbons (Fsp3) is 0.692. The average molecular weight is 283 g/mol. The van der Waals surface area contributed by atoms with E-state index in [4.69, 9.17) is 4.74 Å². The highest BCUT2D eigenvalue weighted by molar-refractivity contribution is 7.15. The fourth-order valence-electron chi connectivity index (χ4n) is 2.07. The van der Waals surface area contributed by atoms with E-state index < -0.39 is 0 Å². The van der Waals surface area contributed by atoms with E-state index in [9.17, 15) is 4.79 Å². The number of carbonyl (C=O) groups is 1. The lowest BCUT2D eigenvalue weighted by atomic mass is 10.0. The second-order valence-corrected chi connectivity index (χ2v) is 5.61. The monoisotopic (exact) mass is 283 g/mol. The van der Waals surface area contributed by atoms with Gasteiger partial charge >= 0.3 is 6.03 Å². The van der Waals surface area contributed by atoms with Crippen LogP contribution in [0.5, 0.6) is 0 Å². The van der Waals surface area contributed by atoms with Crippen molar-refractivity contribution in [1.29, 1.82) is 0 Å². The molecule has 0 saturated heterocycles. The largest absolute Gasteiger partial charge is 0.382 e. The van der Waals surface area contributed by atoms with Crippen LogP contribution in [0.4, 0.5) is 9.93 Å². The number of aryl methyl sites for hydroxylation is 2. The standard InChI is InChI=1S/C13H21N3O2S/c1-2-18-9-5-8-14-12(17)16-13-15-10-6-3-4-7-11(10)19-13/h2-9H2,1H3,(H2,14,15,16,17). The maximum absolute atomic E-state index is 11.7. The van der Waals surface area contributed by atoms with Crippen molar-refractivity contribution in [3.8, 4) is 0 Å². The minimum Gasteiger partial charge on any atom is -0.382 e. The Balaban J connectivity index is 1.71. The molecule has 0 atom stereocenters. The van der Waals surface area contributed by atoms with Gasteiger partial charge in [0.05, 0.1) is 5.69 Å². The molecule has 0 aliphatic heterocycles. The van der Waals surface area contributed by atoms with Gasteiger partial charge < -0.3 is 10.1 Å². The topological polar surface area (TPSA) is 63.2 Å². The van der Waals surface area contributed by atoms with Gasteiger partial charge in [0, 0.05) is 24.6 Å². The average Bonchev–Trinajstić information content (AvgIpc) is 2.80. The highest BCUT2D eigenvalue weighted by atomic mass is 32.1. The third-order valence-electron chi connectivity index (χ3n) is 3.02. The molecule has 0 radical (unpaired) electrons. The molecule has 0 spiro atoms. The molecule has 1 aromatic rings. The minimum absolute atomic E-state index is 0.178. The molecule has 6 heteroatoms. The van der Waals surface area contributed by atoms with E-state index in [1.54, 1.807) is 11.3 Å². The van der Waals surface area contributed by atoms with Crippen LogP contribution in [-0.4, -0.2) is 30.8 Å². The molecule has 0 bridgehead atoms. The summed E-state index contributed by atoms with van der Waals surface area (Å²) in [5, 5.41) is 6.33. The second kappa shape index (κ2) is 7.45. The number of carbonyl (C=O) groups excluding carboxylic acids is 1. The summed E-state index contributed by atoms with van der Waals surface area (Å²) in [5.74, 6) is 0. The summed E-state index contributed by atoms with van der Waals surface area (Å²) in [4.78, 5) is 17.5. The summed E-state index contributed by atoms with van der Waals surface area (Å²) in [6.45, 7) is 3.99. The van der Waals surface area contributed by atoms with Crippen molar-refractivity contribution in [3.63, 3.8) is 0 Å². The highest BCUT2D eigenvalue weighted by Gasteiger charge is 2.15. The fourth-order valence-corrected chi connectivity index (χ4v) is 3.11. The molecule has 0 saturated carbocycles.